The normalized spacial score (nSPS) is 19.6. The van der Waals surface area contributed by atoms with E-state index >= 15 is 0 Å². The lowest BCUT2D eigenvalue weighted by molar-refractivity contribution is -0.141. The molecule has 0 amide bonds. The van der Waals surface area contributed by atoms with Crippen molar-refractivity contribution in [3.8, 4) is 0 Å². The Morgan fingerprint density at radius 2 is 2.04 bits per heavy atom. The molecule has 1 aliphatic heterocycles. The molecule has 27 heavy (non-hydrogen) atoms. The number of pyridine rings is 1. The van der Waals surface area contributed by atoms with E-state index in [9.17, 15) is 32.3 Å². The Morgan fingerprint density at radius 1 is 1.37 bits per heavy atom. The van der Waals surface area contributed by atoms with Gasteiger partial charge < -0.3 is 14.6 Å². The second-order valence-corrected chi connectivity index (χ2v) is 7.38. The highest BCUT2D eigenvalue weighted by molar-refractivity contribution is 5.71. The number of alkyl halides is 4. The third-order valence-electron chi connectivity index (χ3n) is 4.70. The smallest absolute Gasteiger partial charge is 0.416 e. The number of nitrogens with zero attached hydrogens (tertiary/aromatic N) is 2. The fraction of sp³-hybridized carbons (Fsp3) is 0.667. The molecular weight excluding hydrogens is 368 g/mol. The molecule has 1 unspecified atom stereocenters. The summed E-state index contributed by atoms with van der Waals surface area (Å²) in [6, 6.07) is -0.770. The van der Waals surface area contributed by atoms with Crippen LogP contribution in [0.2, 0.25) is 0 Å². The number of hydrogen-bond acceptors (Lipinski definition) is 3. The van der Waals surface area contributed by atoms with Gasteiger partial charge in [-0.05, 0) is 30.7 Å². The van der Waals surface area contributed by atoms with E-state index in [-0.39, 0.29) is 37.4 Å². The van der Waals surface area contributed by atoms with E-state index in [0.29, 0.717) is 19.0 Å². The van der Waals surface area contributed by atoms with Crippen molar-refractivity contribution in [1.29, 1.82) is 0 Å². The summed E-state index contributed by atoms with van der Waals surface area (Å²) in [4.78, 5) is 25.5. The Labute approximate surface area is 154 Å². The van der Waals surface area contributed by atoms with Gasteiger partial charge in [0.05, 0.1) is 5.56 Å². The van der Waals surface area contributed by atoms with E-state index in [4.69, 9.17) is 0 Å². The van der Waals surface area contributed by atoms with E-state index < -0.39 is 35.5 Å². The highest BCUT2D eigenvalue weighted by Crippen LogP contribution is 2.32. The average molecular weight is 392 g/mol. The average Bonchev–Trinajstić information content (AvgIpc) is 2.95. The number of aromatic nitrogens is 1. The number of carbonyl (C=O) groups is 1. The molecule has 9 heteroatoms. The minimum atomic E-state index is -4.72. The Balaban J connectivity index is 2.38. The number of likely N-dealkylation sites (tertiary alicyclic amines) is 1. The maximum absolute atomic E-state index is 13.4. The summed E-state index contributed by atoms with van der Waals surface area (Å²) >= 11 is 0. The number of aliphatic carboxylic acids is 1. The summed E-state index contributed by atoms with van der Waals surface area (Å²) in [5.74, 6) is -1.33. The maximum Gasteiger partial charge on any atom is 0.416 e. The molecule has 5 nitrogen and oxygen atoms in total. The molecule has 0 aromatic carbocycles. The van der Waals surface area contributed by atoms with Crippen molar-refractivity contribution >= 4 is 5.97 Å². The zero-order valence-electron chi connectivity index (χ0n) is 15.3. The first-order valence-electron chi connectivity index (χ1n) is 8.90. The van der Waals surface area contributed by atoms with Gasteiger partial charge in [0, 0.05) is 31.9 Å². The van der Waals surface area contributed by atoms with E-state index in [1.165, 1.54) is 0 Å². The Morgan fingerprint density at radius 3 is 2.52 bits per heavy atom. The van der Waals surface area contributed by atoms with Crippen LogP contribution in [-0.2, 0) is 17.4 Å². The van der Waals surface area contributed by atoms with E-state index in [1.54, 1.807) is 18.7 Å². The molecule has 0 saturated carbocycles. The highest BCUT2D eigenvalue weighted by atomic mass is 19.4. The molecule has 0 aliphatic carbocycles. The van der Waals surface area contributed by atoms with Gasteiger partial charge in [0.15, 0.2) is 0 Å². The molecule has 1 aliphatic rings. The highest BCUT2D eigenvalue weighted by Gasteiger charge is 2.35. The first kappa shape index (κ1) is 21.4. The SMILES string of the molecule is CC(C)CC(C(=O)O)n1cc(CCN2CC[C@@H](F)C2)c(C(F)(F)F)cc1=O. The topological polar surface area (TPSA) is 62.5 Å². The summed E-state index contributed by atoms with van der Waals surface area (Å²) in [7, 11) is 0. The minimum Gasteiger partial charge on any atom is -0.480 e. The summed E-state index contributed by atoms with van der Waals surface area (Å²) < 4.78 is 54.2. The lowest BCUT2D eigenvalue weighted by atomic mass is 10.0. The van der Waals surface area contributed by atoms with Crippen LogP contribution in [0.25, 0.3) is 0 Å². The summed E-state index contributed by atoms with van der Waals surface area (Å²) in [6.07, 6.45) is -4.27. The van der Waals surface area contributed by atoms with Crippen molar-refractivity contribution in [3.05, 3.63) is 33.7 Å². The molecule has 2 atom stereocenters. The van der Waals surface area contributed by atoms with E-state index in [0.717, 1.165) is 10.8 Å². The van der Waals surface area contributed by atoms with Crippen LogP contribution < -0.4 is 5.56 Å². The summed E-state index contributed by atoms with van der Waals surface area (Å²) in [5.41, 5.74) is -2.21. The fourth-order valence-electron chi connectivity index (χ4n) is 3.35. The van der Waals surface area contributed by atoms with Crippen LogP contribution in [0, 0.1) is 5.92 Å². The number of carboxylic acid groups (broad SMARTS) is 1. The van der Waals surface area contributed by atoms with Crippen molar-refractivity contribution in [2.45, 2.75) is 51.5 Å². The standard InChI is InChI=1S/C18H24F4N2O3/c1-11(2)7-15(17(26)27)24-9-12(3-5-23-6-4-13(19)10-23)14(8-16(24)25)18(20,21)22/h8-9,11,13,15H,3-7,10H2,1-2H3,(H,26,27)/t13-,15?/m1/s1. The van der Waals surface area contributed by atoms with E-state index in [1.807, 2.05) is 0 Å². The second-order valence-electron chi connectivity index (χ2n) is 7.38. The summed E-state index contributed by atoms with van der Waals surface area (Å²) in [6.45, 7) is 4.39. The number of hydrogen-bond donors (Lipinski definition) is 1. The lowest BCUT2D eigenvalue weighted by Crippen LogP contribution is -2.33. The van der Waals surface area contributed by atoms with Gasteiger partial charge in [-0.15, -0.1) is 0 Å². The predicted molar refractivity (Wildman–Crippen MR) is 91.5 cm³/mol. The molecular formula is C18H24F4N2O3. The first-order chi connectivity index (χ1) is 12.5. The molecule has 0 radical (unpaired) electrons. The molecule has 1 aromatic rings. The number of halogens is 4. The van der Waals surface area contributed by atoms with Crippen molar-refractivity contribution in [1.82, 2.24) is 9.47 Å². The Kier molecular flexibility index (Phi) is 6.67. The molecule has 1 aromatic heterocycles. The fourth-order valence-corrected chi connectivity index (χ4v) is 3.35. The Hall–Kier alpha value is -1.90. The van der Waals surface area contributed by atoms with Crippen LogP contribution in [0.15, 0.2) is 17.1 Å². The second kappa shape index (κ2) is 8.41. The van der Waals surface area contributed by atoms with Crippen LogP contribution in [-0.4, -0.2) is 46.3 Å². The van der Waals surface area contributed by atoms with Gasteiger partial charge in [0.25, 0.3) is 5.56 Å². The largest absolute Gasteiger partial charge is 0.480 e. The van der Waals surface area contributed by atoms with Crippen molar-refractivity contribution in [3.63, 3.8) is 0 Å². The molecule has 2 heterocycles. The molecule has 0 bridgehead atoms. The van der Waals surface area contributed by atoms with Gasteiger partial charge in [-0.3, -0.25) is 4.79 Å². The Bertz CT molecular complexity index is 730. The van der Waals surface area contributed by atoms with Crippen molar-refractivity contribution < 1.29 is 27.5 Å². The monoisotopic (exact) mass is 392 g/mol. The van der Waals surface area contributed by atoms with Gasteiger partial charge in [-0.25, -0.2) is 9.18 Å². The van der Waals surface area contributed by atoms with Gasteiger partial charge in [-0.1, -0.05) is 13.8 Å². The maximum atomic E-state index is 13.4. The number of carboxylic acids is 1. The van der Waals surface area contributed by atoms with E-state index in [2.05, 4.69) is 0 Å². The quantitative estimate of drug-likeness (QED) is 0.725. The van der Waals surface area contributed by atoms with Gasteiger partial charge >= 0.3 is 12.1 Å². The molecule has 0 spiro atoms. The van der Waals surface area contributed by atoms with Gasteiger partial charge in [0.2, 0.25) is 0 Å². The van der Waals surface area contributed by atoms with Crippen molar-refractivity contribution in [2.24, 2.45) is 5.92 Å². The van der Waals surface area contributed by atoms with Crippen LogP contribution in [0.3, 0.4) is 0 Å². The third kappa shape index (κ3) is 5.54. The zero-order valence-corrected chi connectivity index (χ0v) is 15.3. The molecule has 1 fully saturated rings. The van der Waals surface area contributed by atoms with Crippen LogP contribution in [0.5, 0.6) is 0 Å². The predicted octanol–water partition coefficient (Wildman–Crippen LogP) is 3.13. The first-order valence-corrected chi connectivity index (χ1v) is 8.90. The molecule has 2 rings (SSSR count). The molecule has 152 valence electrons. The van der Waals surface area contributed by atoms with Crippen LogP contribution in [0.4, 0.5) is 17.6 Å². The third-order valence-corrected chi connectivity index (χ3v) is 4.70. The van der Waals surface area contributed by atoms with Crippen LogP contribution >= 0.6 is 0 Å². The van der Waals surface area contributed by atoms with Crippen molar-refractivity contribution in [2.75, 3.05) is 19.6 Å². The zero-order chi connectivity index (χ0) is 20.4. The minimum absolute atomic E-state index is 0.0458. The molecule has 1 saturated heterocycles. The van der Waals surface area contributed by atoms with Gasteiger partial charge in [-0.2, -0.15) is 13.2 Å². The lowest BCUT2D eigenvalue weighted by Gasteiger charge is -2.22. The van der Waals surface area contributed by atoms with Crippen LogP contribution in [0.1, 0.15) is 43.9 Å². The van der Waals surface area contributed by atoms with Gasteiger partial charge in [0.1, 0.15) is 12.2 Å². The molecule has 1 N–H and O–H groups in total. The summed E-state index contributed by atoms with van der Waals surface area (Å²) in [5, 5.41) is 9.42. The number of rotatable bonds is 7.